The maximum absolute atomic E-state index is 14.5. The molecular weight excluding hydrogens is 622 g/mol. The van der Waals surface area contributed by atoms with Gasteiger partial charge < -0.3 is 0 Å². The average molecular weight is 672 g/mol. The van der Waals surface area contributed by atoms with Crippen molar-refractivity contribution in [2.75, 3.05) is 0 Å². The molecule has 0 fully saturated rings. The summed E-state index contributed by atoms with van der Waals surface area (Å²) < 4.78 is 0. The third-order valence-corrected chi connectivity index (χ3v) is 11.3. The quantitative estimate of drug-likeness (QED) is 0.0265. The van der Waals surface area contributed by atoms with Crippen molar-refractivity contribution in [3.05, 3.63) is 70.8 Å². The number of hydrogen-bond donors (Lipinski definition) is 1. The summed E-state index contributed by atoms with van der Waals surface area (Å²) in [6, 6.07) is 14.9. The topological polar surface area (TPSA) is 101 Å². The molecule has 7 rings (SSSR count). The number of amides is 4. The van der Waals surface area contributed by atoms with Crippen LogP contribution in [-0.2, 0) is 0 Å². The van der Waals surface area contributed by atoms with E-state index in [2.05, 4.69) is 13.8 Å². The number of hydrazine groups is 1. The monoisotopic (exact) mass is 671 g/mol. The summed E-state index contributed by atoms with van der Waals surface area (Å²) in [4.78, 5) is 56.7. The SMILES string of the molecule is CCCCCCCCCC(CCCCCCCCC)N1C(=O)c2ccc3c4ccc5c6c(ccc(c7ccc(c2c37)C1=O)c64)C(=O)N(N)C5=O. The highest BCUT2D eigenvalue weighted by Crippen LogP contribution is 2.46. The van der Waals surface area contributed by atoms with E-state index in [9.17, 15) is 19.2 Å². The molecule has 0 aliphatic carbocycles. The van der Waals surface area contributed by atoms with Crippen LogP contribution in [0.5, 0.6) is 0 Å². The molecular formula is C43H49N3O4. The Kier molecular flexibility index (Phi) is 9.87. The molecule has 7 nitrogen and oxygen atoms in total. The van der Waals surface area contributed by atoms with Crippen molar-refractivity contribution in [3.63, 3.8) is 0 Å². The molecule has 5 aromatic rings. The fraction of sp³-hybridized carbons (Fsp3) is 0.442. The summed E-state index contributed by atoms with van der Waals surface area (Å²) in [5.41, 5.74) is 1.93. The molecule has 2 aliphatic heterocycles. The van der Waals surface area contributed by atoms with E-state index in [1.54, 1.807) is 17.0 Å². The summed E-state index contributed by atoms with van der Waals surface area (Å²) in [6.45, 7) is 4.47. The molecule has 0 saturated heterocycles. The van der Waals surface area contributed by atoms with Gasteiger partial charge in [0, 0.05) is 27.9 Å². The lowest BCUT2D eigenvalue weighted by atomic mass is 9.82. The van der Waals surface area contributed by atoms with Gasteiger partial charge in [-0.25, -0.2) is 10.9 Å². The van der Waals surface area contributed by atoms with Crippen LogP contribution in [0.25, 0.3) is 43.1 Å². The molecule has 0 unspecified atom stereocenters. The second-order valence-electron chi connectivity index (χ2n) is 14.6. The van der Waals surface area contributed by atoms with Gasteiger partial charge in [-0.05, 0) is 69.4 Å². The first-order chi connectivity index (χ1) is 24.4. The minimum absolute atomic E-state index is 0.120. The highest BCUT2D eigenvalue weighted by atomic mass is 16.2. The van der Waals surface area contributed by atoms with Crippen LogP contribution >= 0.6 is 0 Å². The normalized spacial score (nSPS) is 14.6. The molecule has 5 aromatic carbocycles. The van der Waals surface area contributed by atoms with E-state index in [-0.39, 0.29) is 17.9 Å². The van der Waals surface area contributed by atoms with Crippen LogP contribution in [0.2, 0.25) is 0 Å². The smallest absolute Gasteiger partial charge is 0.271 e. The number of rotatable bonds is 17. The van der Waals surface area contributed by atoms with Crippen LogP contribution in [0.3, 0.4) is 0 Å². The summed E-state index contributed by atoms with van der Waals surface area (Å²) in [6.07, 6.45) is 18.4. The number of nitrogens with zero attached hydrogens (tertiary/aromatic N) is 2. The Labute approximate surface area is 294 Å². The molecule has 4 amide bonds. The third kappa shape index (κ3) is 5.73. The van der Waals surface area contributed by atoms with Crippen LogP contribution in [-0.4, -0.2) is 39.6 Å². The molecule has 2 heterocycles. The van der Waals surface area contributed by atoms with E-state index in [4.69, 9.17) is 5.84 Å². The Bertz CT molecular complexity index is 1980. The van der Waals surface area contributed by atoms with Gasteiger partial charge in [-0.2, -0.15) is 0 Å². The fourth-order valence-corrected chi connectivity index (χ4v) is 8.71. The van der Waals surface area contributed by atoms with Crippen molar-refractivity contribution in [3.8, 4) is 0 Å². The maximum Gasteiger partial charge on any atom is 0.275 e. The number of carbonyl (C=O) groups is 4. The van der Waals surface area contributed by atoms with Crippen molar-refractivity contribution in [2.24, 2.45) is 5.84 Å². The molecule has 50 heavy (non-hydrogen) atoms. The molecule has 0 bridgehead atoms. The van der Waals surface area contributed by atoms with Gasteiger partial charge >= 0.3 is 0 Å². The van der Waals surface area contributed by atoms with Crippen LogP contribution in [0.15, 0.2) is 48.5 Å². The van der Waals surface area contributed by atoms with Gasteiger partial charge in [0.1, 0.15) is 0 Å². The summed E-state index contributed by atoms with van der Waals surface area (Å²) >= 11 is 0. The molecule has 0 spiro atoms. The van der Waals surface area contributed by atoms with Crippen LogP contribution < -0.4 is 5.84 Å². The minimum Gasteiger partial charge on any atom is -0.271 e. The fourth-order valence-electron chi connectivity index (χ4n) is 8.71. The van der Waals surface area contributed by atoms with Gasteiger partial charge in [0.15, 0.2) is 0 Å². The summed E-state index contributed by atoms with van der Waals surface area (Å²) in [5, 5.41) is 7.23. The number of imide groups is 2. The minimum atomic E-state index is -0.527. The van der Waals surface area contributed by atoms with E-state index in [0.29, 0.717) is 38.0 Å². The number of nitrogens with two attached hydrogens (primary N) is 1. The zero-order valence-corrected chi connectivity index (χ0v) is 29.6. The van der Waals surface area contributed by atoms with E-state index in [1.165, 1.54) is 64.2 Å². The van der Waals surface area contributed by atoms with Crippen molar-refractivity contribution in [1.29, 1.82) is 0 Å². The van der Waals surface area contributed by atoms with E-state index in [1.807, 2.05) is 36.4 Å². The van der Waals surface area contributed by atoms with E-state index >= 15 is 0 Å². The van der Waals surface area contributed by atoms with Gasteiger partial charge in [0.25, 0.3) is 23.6 Å². The predicted octanol–water partition coefficient (Wildman–Crippen LogP) is 10.5. The maximum atomic E-state index is 14.5. The number of carbonyl (C=O) groups excluding carboxylic acids is 4. The molecule has 0 saturated carbocycles. The standard InChI is InChI=1S/C43H49N3O4/c1-3-5-7-9-11-13-15-17-27(18-16-14-12-10-8-6-4-2)45-40(47)32-23-19-28-30-21-25-34-39-35(43(50)46(44)42(34)49)26-22-31(37(30)39)29-20-24-33(41(45)48)38(32)36(28)29/h19-27H,3-18,44H2,1-2H3. The van der Waals surface area contributed by atoms with Crippen molar-refractivity contribution in [2.45, 2.75) is 123 Å². The second kappa shape index (κ2) is 14.5. The van der Waals surface area contributed by atoms with Gasteiger partial charge in [0.05, 0.1) is 11.1 Å². The highest BCUT2D eigenvalue weighted by molar-refractivity contribution is 6.41. The lowest BCUT2D eigenvalue weighted by Gasteiger charge is -2.35. The van der Waals surface area contributed by atoms with Gasteiger partial charge in [0.2, 0.25) is 0 Å². The highest BCUT2D eigenvalue weighted by Gasteiger charge is 2.39. The Balaban J connectivity index is 1.25. The molecule has 260 valence electrons. The zero-order chi connectivity index (χ0) is 34.9. The van der Waals surface area contributed by atoms with Crippen LogP contribution in [0.4, 0.5) is 0 Å². The van der Waals surface area contributed by atoms with Gasteiger partial charge in [-0.1, -0.05) is 128 Å². The first-order valence-corrected chi connectivity index (χ1v) is 19.1. The third-order valence-electron chi connectivity index (χ3n) is 11.3. The Morgan fingerprint density at radius 1 is 0.440 bits per heavy atom. The molecule has 2 aliphatic rings. The van der Waals surface area contributed by atoms with Crippen LogP contribution in [0, 0.1) is 0 Å². The Hall–Kier alpha value is -4.36. The first kappa shape index (κ1) is 34.1. The number of benzene rings is 5. The Morgan fingerprint density at radius 2 is 0.760 bits per heavy atom. The molecule has 0 atom stereocenters. The number of unbranched alkanes of at least 4 members (excludes halogenated alkanes) is 12. The molecule has 0 radical (unpaired) electrons. The van der Waals surface area contributed by atoms with E-state index in [0.717, 1.165) is 70.8 Å². The lowest BCUT2D eigenvalue weighted by molar-refractivity contribution is 0.0514. The van der Waals surface area contributed by atoms with E-state index < -0.39 is 11.8 Å². The van der Waals surface area contributed by atoms with Crippen LogP contribution in [0.1, 0.15) is 158 Å². The molecule has 7 heteroatoms. The van der Waals surface area contributed by atoms with Gasteiger partial charge in [-0.3, -0.25) is 24.1 Å². The molecule has 2 N–H and O–H groups in total. The number of hydrogen-bond acceptors (Lipinski definition) is 5. The second-order valence-corrected chi connectivity index (χ2v) is 14.6. The zero-order valence-electron chi connectivity index (χ0n) is 29.6. The molecule has 0 aromatic heterocycles. The van der Waals surface area contributed by atoms with Crippen molar-refractivity contribution in [1.82, 2.24) is 9.91 Å². The Morgan fingerprint density at radius 3 is 1.12 bits per heavy atom. The summed E-state index contributed by atoms with van der Waals surface area (Å²) in [7, 11) is 0. The van der Waals surface area contributed by atoms with Gasteiger partial charge in [-0.15, -0.1) is 0 Å². The largest absolute Gasteiger partial charge is 0.275 e. The lowest BCUT2D eigenvalue weighted by Crippen LogP contribution is -2.47. The average Bonchev–Trinajstić information content (AvgIpc) is 3.13. The van der Waals surface area contributed by atoms with Crippen molar-refractivity contribution < 1.29 is 19.2 Å². The summed E-state index contributed by atoms with van der Waals surface area (Å²) in [5.74, 6) is 4.42. The predicted molar refractivity (Wildman–Crippen MR) is 202 cm³/mol. The number of fused-ring (bicyclic) bond motifs is 2. The van der Waals surface area contributed by atoms with Crippen molar-refractivity contribution >= 4 is 66.7 Å². The first-order valence-electron chi connectivity index (χ1n) is 19.1.